The van der Waals surface area contributed by atoms with Crippen LogP contribution in [0.4, 0.5) is 10.6 Å². The Hall–Kier alpha value is -1.02. The van der Waals surface area contributed by atoms with E-state index in [0.29, 0.717) is 0 Å². The van der Waals surface area contributed by atoms with Crippen molar-refractivity contribution in [2.45, 2.75) is 24.0 Å². The first-order valence-electron chi connectivity index (χ1n) is 7.19. The summed E-state index contributed by atoms with van der Waals surface area (Å²) in [7, 11) is 5.44. The quantitative estimate of drug-likeness (QED) is 0.589. The van der Waals surface area contributed by atoms with E-state index in [9.17, 15) is 4.79 Å². The predicted octanol–water partition coefficient (Wildman–Crippen LogP) is 2.54. The van der Waals surface area contributed by atoms with Gasteiger partial charge < -0.3 is 14.7 Å². The van der Waals surface area contributed by atoms with E-state index in [0.717, 1.165) is 41.4 Å². The molecule has 1 unspecified atom stereocenters. The van der Waals surface area contributed by atoms with E-state index in [4.69, 9.17) is 0 Å². The Kier molecular flexibility index (Phi) is 5.91. The van der Waals surface area contributed by atoms with Gasteiger partial charge in [-0.15, -0.1) is 0 Å². The lowest BCUT2D eigenvalue weighted by Gasteiger charge is -2.39. The van der Waals surface area contributed by atoms with Crippen LogP contribution in [-0.2, 0) is 0 Å². The summed E-state index contributed by atoms with van der Waals surface area (Å²) in [4.78, 5) is 26.7. The maximum Gasteiger partial charge on any atom is 0.319 e. The fourth-order valence-corrected chi connectivity index (χ4v) is 3.38. The van der Waals surface area contributed by atoms with E-state index in [1.165, 1.54) is 11.8 Å². The number of aromatic nitrogens is 2. The Bertz CT molecular complexity index is 542. The van der Waals surface area contributed by atoms with Gasteiger partial charge in [-0.2, -0.15) is 0 Å². The lowest BCUT2D eigenvalue weighted by molar-refractivity contribution is 0.157. The minimum Gasteiger partial charge on any atom is -0.353 e. The second-order valence-electron chi connectivity index (χ2n) is 5.56. The van der Waals surface area contributed by atoms with Gasteiger partial charge in [0.05, 0.1) is 10.5 Å². The molecule has 6 nitrogen and oxygen atoms in total. The molecule has 0 saturated carbocycles. The fourth-order valence-electron chi connectivity index (χ4n) is 2.60. The summed E-state index contributed by atoms with van der Waals surface area (Å²) in [6.07, 6.45) is 5.83. The van der Waals surface area contributed by atoms with Crippen LogP contribution in [-0.4, -0.2) is 72.3 Å². The fraction of sp³-hybridized carbons (Fsp3) is 0.643. The molecule has 1 saturated heterocycles. The van der Waals surface area contributed by atoms with Gasteiger partial charge in [0.1, 0.15) is 5.82 Å². The summed E-state index contributed by atoms with van der Waals surface area (Å²) in [5.41, 5.74) is 0. The molecule has 1 fully saturated rings. The normalized spacial score (nSPS) is 18.2. The molecule has 0 N–H and O–H groups in total. The van der Waals surface area contributed by atoms with E-state index < -0.39 is 0 Å². The van der Waals surface area contributed by atoms with Crippen LogP contribution in [0.15, 0.2) is 15.8 Å². The highest BCUT2D eigenvalue weighted by Crippen LogP contribution is 2.28. The van der Waals surface area contributed by atoms with Crippen LogP contribution in [0.1, 0.15) is 12.8 Å². The van der Waals surface area contributed by atoms with Crippen molar-refractivity contribution >= 4 is 39.5 Å². The number of amides is 2. The third-order valence-electron chi connectivity index (χ3n) is 3.81. The minimum absolute atomic E-state index is 0.0402. The van der Waals surface area contributed by atoms with Crippen molar-refractivity contribution in [1.29, 1.82) is 0 Å². The standard InChI is InChI=1S/C14H22BrN5OS/c1-18(2)14(21)19(3)10-6-5-7-20(9-10)12-11(15)8-16-13(17-12)22-4/h8,10H,5-7,9H2,1-4H3. The number of nitrogens with zero attached hydrogens (tertiary/aromatic N) is 5. The summed E-state index contributed by atoms with van der Waals surface area (Å²) >= 11 is 5.07. The number of hydrogen-bond donors (Lipinski definition) is 0. The molecule has 22 heavy (non-hydrogen) atoms. The largest absolute Gasteiger partial charge is 0.353 e. The first-order valence-corrected chi connectivity index (χ1v) is 9.21. The van der Waals surface area contributed by atoms with Gasteiger partial charge in [-0.1, -0.05) is 11.8 Å². The van der Waals surface area contributed by atoms with E-state index >= 15 is 0 Å². The first kappa shape index (κ1) is 17.3. The van der Waals surface area contributed by atoms with Crippen molar-refractivity contribution in [3.05, 3.63) is 10.7 Å². The van der Waals surface area contributed by atoms with Crippen molar-refractivity contribution in [2.75, 3.05) is 45.4 Å². The number of piperidine rings is 1. The van der Waals surface area contributed by atoms with Crippen molar-refractivity contribution in [1.82, 2.24) is 19.8 Å². The number of rotatable bonds is 3. The van der Waals surface area contributed by atoms with E-state index in [1.54, 1.807) is 25.2 Å². The van der Waals surface area contributed by atoms with Gasteiger partial charge in [0.25, 0.3) is 0 Å². The van der Waals surface area contributed by atoms with Gasteiger partial charge in [0.15, 0.2) is 5.16 Å². The molecule has 0 bridgehead atoms. The lowest BCUT2D eigenvalue weighted by Crippen LogP contribution is -2.51. The van der Waals surface area contributed by atoms with Crippen LogP contribution in [0.25, 0.3) is 0 Å². The molecule has 1 aliphatic rings. The molecule has 0 radical (unpaired) electrons. The van der Waals surface area contributed by atoms with Crippen LogP contribution in [0.5, 0.6) is 0 Å². The topological polar surface area (TPSA) is 52.6 Å². The maximum atomic E-state index is 12.1. The summed E-state index contributed by atoms with van der Waals surface area (Å²) in [5, 5.41) is 0.762. The molecule has 1 aliphatic heterocycles. The average Bonchev–Trinajstić information content (AvgIpc) is 2.54. The highest BCUT2D eigenvalue weighted by Gasteiger charge is 2.28. The number of likely N-dealkylation sites (N-methyl/N-ethyl adjacent to an activating group) is 1. The van der Waals surface area contributed by atoms with Gasteiger partial charge in [-0.3, -0.25) is 0 Å². The number of carbonyl (C=O) groups is 1. The van der Waals surface area contributed by atoms with Crippen molar-refractivity contribution < 1.29 is 4.79 Å². The van der Waals surface area contributed by atoms with Crippen LogP contribution < -0.4 is 4.90 Å². The Morgan fingerprint density at radius 2 is 2.18 bits per heavy atom. The van der Waals surface area contributed by atoms with E-state index in [2.05, 4.69) is 30.8 Å². The average molecular weight is 388 g/mol. The Labute approximate surface area is 144 Å². The van der Waals surface area contributed by atoms with E-state index in [1.807, 2.05) is 18.2 Å². The van der Waals surface area contributed by atoms with Crippen LogP contribution in [0.3, 0.4) is 0 Å². The number of carbonyl (C=O) groups excluding carboxylic acids is 1. The zero-order valence-electron chi connectivity index (χ0n) is 13.4. The highest BCUT2D eigenvalue weighted by atomic mass is 79.9. The van der Waals surface area contributed by atoms with Crippen molar-refractivity contribution in [3.63, 3.8) is 0 Å². The highest BCUT2D eigenvalue weighted by molar-refractivity contribution is 9.10. The van der Waals surface area contributed by atoms with Crippen LogP contribution in [0.2, 0.25) is 0 Å². The second-order valence-corrected chi connectivity index (χ2v) is 7.19. The third kappa shape index (κ3) is 3.84. The van der Waals surface area contributed by atoms with Gasteiger partial charge in [-0.05, 0) is 35.0 Å². The Morgan fingerprint density at radius 3 is 2.82 bits per heavy atom. The molecular formula is C14H22BrN5OS. The van der Waals surface area contributed by atoms with Gasteiger partial charge >= 0.3 is 6.03 Å². The summed E-state index contributed by atoms with van der Waals surface area (Å²) in [6, 6.07) is 0.238. The third-order valence-corrected chi connectivity index (χ3v) is 4.94. The SMILES string of the molecule is CSc1ncc(Br)c(N2CCCC(N(C)C(=O)N(C)C)C2)n1. The molecule has 0 aromatic carbocycles. The second kappa shape index (κ2) is 7.50. The number of anilines is 1. The molecule has 1 aromatic heterocycles. The zero-order chi connectivity index (χ0) is 16.3. The maximum absolute atomic E-state index is 12.1. The number of halogens is 1. The number of thioether (sulfide) groups is 1. The molecule has 0 aliphatic carbocycles. The monoisotopic (exact) mass is 387 g/mol. The molecule has 2 rings (SSSR count). The van der Waals surface area contributed by atoms with Gasteiger partial charge in [0.2, 0.25) is 0 Å². The zero-order valence-corrected chi connectivity index (χ0v) is 15.8. The lowest BCUT2D eigenvalue weighted by atomic mass is 10.0. The first-order chi connectivity index (χ1) is 10.4. The molecule has 0 spiro atoms. The minimum atomic E-state index is 0.0402. The van der Waals surface area contributed by atoms with Gasteiger partial charge in [0, 0.05) is 40.4 Å². The predicted molar refractivity (Wildman–Crippen MR) is 93.6 cm³/mol. The molecule has 2 heterocycles. The number of hydrogen-bond acceptors (Lipinski definition) is 5. The summed E-state index contributed by atoms with van der Waals surface area (Å²) in [5.74, 6) is 0.912. The molecule has 122 valence electrons. The Morgan fingerprint density at radius 1 is 1.45 bits per heavy atom. The molecule has 1 atom stereocenters. The van der Waals surface area contributed by atoms with Gasteiger partial charge in [-0.25, -0.2) is 14.8 Å². The van der Waals surface area contributed by atoms with Crippen molar-refractivity contribution in [2.24, 2.45) is 0 Å². The van der Waals surface area contributed by atoms with Crippen molar-refractivity contribution in [3.8, 4) is 0 Å². The molecule has 8 heteroatoms. The smallest absolute Gasteiger partial charge is 0.319 e. The summed E-state index contributed by atoms with van der Waals surface area (Å²) < 4.78 is 0.896. The van der Waals surface area contributed by atoms with Crippen LogP contribution in [0, 0.1) is 0 Å². The van der Waals surface area contributed by atoms with E-state index in [-0.39, 0.29) is 12.1 Å². The molecule has 2 amide bonds. The summed E-state index contributed by atoms with van der Waals surface area (Å²) in [6.45, 7) is 1.74. The molecule has 1 aromatic rings. The Balaban J connectivity index is 2.15. The number of urea groups is 1. The molecular weight excluding hydrogens is 366 g/mol. The van der Waals surface area contributed by atoms with Crippen LogP contribution >= 0.6 is 27.7 Å².